The van der Waals surface area contributed by atoms with Crippen molar-refractivity contribution >= 4 is 10.1 Å². The lowest BCUT2D eigenvalue weighted by atomic mass is 10.0. The molecule has 0 aliphatic heterocycles. The molecule has 36 heavy (non-hydrogen) atoms. The van der Waals surface area contributed by atoms with Crippen molar-refractivity contribution in [3.8, 4) is 5.75 Å². The van der Waals surface area contributed by atoms with Crippen LogP contribution in [0.5, 0.6) is 5.75 Å². The fourth-order valence-corrected chi connectivity index (χ4v) is 4.02. The second-order valence-corrected chi connectivity index (χ2v) is 10.4. The number of aryl methyl sites for hydroxylation is 1. The molecule has 9 heteroatoms. The highest BCUT2D eigenvalue weighted by Crippen LogP contribution is 2.15. The Labute approximate surface area is 218 Å². The lowest BCUT2D eigenvalue weighted by Crippen LogP contribution is -2.14. The van der Waals surface area contributed by atoms with Gasteiger partial charge in [0, 0.05) is 6.61 Å². The lowest BCUT2D eigenvalue weighted by Gasteiger charge is -2.09. The van der Waals surface area contributed by atoms with Crippen LogP contribution in [-0.4, -0.2) is 78.2 Å². The maximum atomic E-state index is 10.5. The van der Waals surface area contributed by atoms with Crippen molar-refractivity contribution in [1.82, 2.24) is 0 Å². The Kier molecular flexibility index (Phi) is 20.9. The molecule has 210 valence electrons. The van der Waals surface area contributed by atoms with E-state index < -0.39 is 10.1 Å². The van der Waals surface area contributed by atoms with Crippen LogP contribution < -0.4 is 4.74 Å². The van der Waals surface area contributed by atoms with E-state index in [0.29, 0.717) is 52.9 Å². The molecule has 0 bridgehead atoms. The highest BCUT2D eigenvalue weighted by atomic mass is 32.2. The molecule has 1 rings (SSSR count). The minimum absolute atomic E-state index is 0.263. The Morgan fingerprint density at radius 2 is 1.08 bits per heavy atom. The molecule has 8 nitrogen and oxygen atoms in total. The molecule has 0 aromatic heterocycles. The van der Waals surface area contributed by atoms with Gasteiger partial charge in [-0.2, -0.15) is 8.42 Å². The van der Waals surface area contributed by atoms with E-state index in [2.05, 4.69) is 19.1 Å². The van der Waals surface area contributed by atoms with E-state index in [1.54, 1.807) is 0 Å². The normalized spacial score (nSPS) is 11.7. The summed E-state index contributed by atoms with van der Waals surface area (Å²) >= 11 is 0. The van der Waals surface area contributed by atoms with Crippen molar-refractivity contribution in [2.24, 2.45) is 0 Å². The van der Waals surface area contributed by atoms with Crippen molar-refractivity contribution in [3.05, 3.63) is 29.8 Å². The van der Waals surface area contributed by atoms with Crippen molar-refractivity contribution in [3.63, 3.8) is 0 Å². The Balaban J connectivity index is 1.84. The molecule has 1 aromatic carbocycles. The molecule has 0 atom stereocenters. The maximum Gasteiger partial charge on any atom is 0.264 e. The van der Waals surface area contributed by atoms with Crippen LogP contribution in [0.1, 0.15) is 70.3 Å². The van der Waals surface area contributed by atoms with Crippen LogP contribution in [0.25, 0.3) is 0 Å². The van der Waals surface area contributed by atoms with E-state index in [1.807, 2.05) is 12.1 Å². The summed E-state index contributed by atoms with van der Waals surface area (Å²) in [6, 6.07) is 8.38. The van der Waals surface area contributed by atoms with Gasteiger partial charge >= 0.3 is 0 Å². The molecular weight excluding hydrogens is 484 g/mol. The van der Waals surface area contributed by atoms with Crippen LogP contribution in [0.4, 0.5) is 0 Å². The molecule has 0 aliphatic rings. The average molecular weight is 533 g/mol. The van der Waals surface area contributed by atoms with Crippen LogP contribution in [-0.2, 0) is 35.5 Å². The second-order valence-electron chi connectivity index (χ2n) is 8.81. The van der Waals surface area contributed by atoms with E-state index in [-0.39, 0.29) is 18.8 Å². The first-order valence-corrected chi connectivity index (χ1v) is 15.1. The number of unbranched alkanes of at least 4 members (excludes halogenated alkanes) is 7. The smallest absolute Gasteiger partial charge is 0.264 e. The molecular formula is C27H48O8S. The summed E-state index contributed by atoms with van der Waals surface area (Å²) in [5, 5.41) is 0. The number of ether oxygens (including phenoxy) is 5. The Morgan fingerprint density at radius 3 is 1.61 bits per heavy atom. The van der Waals surface area contributed by atoms with E-state index in [4.69, 9.17) is 28.2 Å². The molecule has 0 radical (unpaired) electrons. The molecule has 0 saturated heterocycles. The molecule has 0 aliphatic carbocycles. The van der Waals surface area contributed by atoms with Gasteiger partial charge in [-0.05, 0) is 37.0 Å². The Morgan fingerprint density at radius 1 is 0.611 bits per heavy atom. The number of rotatable bonds is 26. The first-order valence-electron chi connectivity index (χ1n) is 13.5. The monoisotopic (exact) mass is 532 g/mol. The Bertz CT molecular complexity index is 709. The van der Waals surface area contributed by atoms with Crippen molar-refractivity contribution in [2.45, 2.75) is 71.1 Å². The van der Waals surface area contributed by atoms with Crippen molar-refractivity contribution in [2.75, 3.05) is 65.2 Å². The van der Waals surface area contributed by atoms with Gasteiger partial charge < -0.3 is 23.7 Å². The van der Waals surface area contributed by atoms with Gasteiger partial charge in [0.15, 0.2) is 0 Å². The minimum Gasteiger partial charge on any atom is -0.491 e. The van der Waals surface area contributed by atoms with Crippen LogP contribution in [0.15, 0.2) is 24.3 Å². The van der Waals surface area contributed by atoms with E-state index in [9.17, 15) is 8.42 Å². The largest absolute Gasteiger partial charge is 0.491 e. The summed E-state index contributed by atoms with van der Waals surface area (Å²) in [6.45, 7) is 6.22. The summed E-state index contributed by atoms with van der Waals surface area (Å²) in [5.74, 6) is 0.580. The third-order valence-corrected chi connectivity index (χ3v) is 6.35. The van der Waals surface area contributed by atoms with Crippen LogP contribution >= 0.6 is 0 Å². The molecule has 0 heterocycles. The summed E-state index contributed by atoms with van der Waals surface area (Å²) in [4.78, 5) is 0. The molecule has 0 spiro atoms. The fraction of sp³-hybridized carbons (Fsp3) is 0.778. The number of hydrogen-bond donors (Lipinski definition) is 1. The maximum absolute atomic E-state index is 10.5. The quantitative estimate of drug-likeness (QED) is 0.130. The fourth-order valence-electron chi connectivity index (χ4n) is 3.54. The first kappa shape index (κ1) is 32.8. The van der Waals surface area contributed by atoms with Crippen LogP contribution in [0.2, 0.25) is 0 Å². The van der Waals surface area contributed by atoms with Gasteiger partial charge in [-0.15, -0.1) is 0 Å². The Hall–Kier alpha value is -1.23. The molecule has 1 aromatic rings. The third-order valence-electron chi connectivity index (χ3n) is 5.55. The predicted molar refractivity (Wildman–Crippen MR) is 143 cm³/mol. The topological polar surface area (TPSA) is 101 Å². The number of benzene rings is 1. The van der Waals surface area contributed by atoms with E-state index >= 15 is 0 Å². The summed E-state index contributed by atoms with van der Waals surface area (Å²) in [7, 11) is -3.91. The van der Waals surface area contributed by atoms with Crippen molar-refractivity contribution < 1.29 is 36.7 Å². The standard InChI is InChI=1S/C27H48O8S/c1-2-3-4-5-6-7-8-9-11-26-12-14-27(15-13-26)35-24-23-34-22-21-33-20-19-32-18-17-31-16-10-25-36(28,29)30/h12-15H,2-11,16-25H2,1H3,(H,28,29,30). The minimum atomic E-state index is -3.91. The molecule has 0 saturated carbocycles. The predicted octanol–water partition coefficient (Wildman–Crippen LogP) is 5.09. The molecule has 0 fully saturated rings. The average Bonchev–Trinajstić information content (AvgIpc) is 2.85. The van der Waals surface area contributed by atoms with Crippen molar-refractivity contribution in [1.29, 1.82) is 0 Å². The van der Waals surface area contributed by atoms with Crippen LogP contribution in [0, 0.1) is 0 Å². The van der Waals surface area contributed by atoms with Gasteiger partial charge in [0.2, 0.25) is 0 Å². The zero-order chi connectivity index (χ0) is 26.2. The zero-order valence-electron chi connectivity index (χ0n) is 22.2. The van der Waals surface area contributed by atoms with Gasteiger partial charge in [-0.1, -0.05) is 64.0 Å². The zero-order valence-corrected chi connectivity index (χ0v) is 23.0. The van der Waals surface area contributed by atoms with Gasteiger partial charge in [0.25, 0.3) is 10.1 Å². The van der Waals surface area contributed by atoms with Gasteiger partial charge in [-0.25, -0.2) is 0 Å². The van der Waals surface area contributed by atoms with Gasteiger partial charge in [-0.3, -0.25) is 4.55 Å². The summed E-state index contributed by atoms with van der Waals surface area (Å²) < 4.78 is 56.9. The SMILES string of the molecule is CCCCCCCCCCc1ccc(OCCOCCOCCOCCOCCCS(=O)(=O)O)cc1. The summed E-state index contributed by atoms with van der Waals surface area (Å²) in [6.07, 6.45) is 12.2. The second kappa shape index (κ2) is 22.9. The molecule has 1 N–H and O–H groups in total. The van der Waals surface area contributed by atoms with Crippen LogP contribution in [0.3, 0.4) is 0 Å². The van der Waals surface area contributed by atoms with E-state index in [1.165, 1.54) is 56.9 Å². The molecule has 0 amide bonds. The first-order chi connectivity index (χ1) is 17.5. The van der Waals surface area contributed by atoms with Gasteiger partial charge in [0.1, 0.15) is 12.4 Å². The third kappa shape index (κ3) is 22.0. The highest BCUT2D eigenvalue weighted by molar-refractivity contribution is 7.85. The highest BCUT2D eigenvalue weighted by Gasteiger charge is 2.03. The molecule has 0 unspecified atom stereocenters. The summed E-state index contributed by atoms with van der Waals surface area (Å²) in [5.41, 5.74) is 1.37. The van der Waals surface area contributed by atoms with Gasteiger partial charge in [0.05, 0.1) is 52.0 Å². The number of hydrogen-bond acceptors (Lipinski definition) is 7. The lowest BCUT2D eigenvalue weighted by molar-refractivity contribution is -0.00447. The van der Waals surface area contributed by atoms with E-state index in [0.717, 1.165) is 12.2 Å².